The molecule has 3 nitrogen and oxygen atoms in total. The van der Waals surface area contributed by atoms with Crippen molar-refractivity contribution in [2.24, 2.45) is 0 Å². The minimum Gasteiger partial charge on any atom is -0.492 e. The van der Waals surface area contributed by atoms with Gasteiger partial charge in [-0.1, -0.05) is 6.58 Å². The maximum absolute atomic E-state index is 12.7. The van der Waals surface area contributed by atoms with Crippen molar-refractivity contribution in [3.8, 4) is 0 Å². The van der Waals surface area contributed by atoms with Crippen molar-refractivity contribution < 1.29 is 18.3 Å². The molecule has 0 saturated heterocycles. The van der Waals surface area contributed by atoms with Crippen LogP contribution in [0.2, 0.25) is 0 Å². The fraction of sp³-hybridized carbons (Fsp3) is 0.100. The molecule has 5 heteroatoms. The minimum atomic E-state index is -0.770. The first-order valence-corrected chi connectivity index (χ1v) is 4.03. The van der Waals surface area contributed by atoms with Crippen LogP contribution < -0.4 is 5.32 Å². The largest absolute Gasteiger partial charge is 0.492 e. The van der Waals surface area contributed by atoms with Gasteiger partial charge in [-0.2, -0.15) is 0 Å². The van der Waals surface area contributed by atoms with Gasteiger partial charge >= 0.3 is 0 Å². The van der Waals surface area contributed by atoms with E-state index < -0.39 is 17.5 Å². The number of carbonyl (C=O) groups is 1. The van der Waals surface area contributed by atoms with Crippen LogP contribution in [0.4, 0.5) is 14.5 Å². The summed E-state index contributed by atoms with van der Waals surface area (Å²) in [5.74, 6) is -2.33. The van der Waals surface area contributed by atoms with E-state index in [-0.39, 0.29) is 11.4 Å². The fourth-order valence-corrected chi connectivity index (χ4v) is 0.920. The number of benzene rings is 1. The predicted molar refractivity (Wildman–Crippen MR) is 51.1 cm³/mol. The molecular formula is C10H9F2NO2. The molecule has 0 aliphatic heterocycles. The summed E-state index contributed by atoms with van der Waals surface area (Å²) in [6, 6.07) is 2.69. The maximum atomic E-state index is 12.7. The Morgan fingerprint density at radius 2 is 1.87 bits per heavy atom. The molecule has 0 fully saturated rings. The van der Waals surface area contributed by atoms with Crippen LogP contribution in [0.1, 0.15) is 0 Å². The first-order chi connectivity index (χ1) is 7.02. The number of rotatable bonds is 3. The molecule has 0 unspecified atom stereocenters. The Morgan fingerprint density at radius 3 is 2.33 bits per heavy atom. The van der Waals surface area contributed by atoms with Crippen molar-refractivity contribution in [3.63, 3.8) is 0 Å². The molecule has 1 aromatic rings. The summed E-state index contributed by atoms with van der Waals surface area (Å²) < 4.78 is 30.0. The molecule has 0 heterocycles. The fourth-order valence-electron chi connectivity index (χ4n) is 0.920. The molecule has 80 valence electrons. The van der Waals surface area contributed by atoms with Gasteiger partial charge in [0.25, 0.3) is 5.91 Å². The van der Waals surface area contributed by atoms with E-state index in [1.54, 1.807) is 0 Å². The number of halogens is 2. The highest BCUT2D eigenvalue weighted by Gasteiger charge is 2.08. The summed E-state index contributed by atoms with van der Waals surface area (Å²) in [5.41, 5.74) is 0.00991. The van der Waals surface area contributed by atoms with E-state index in [0.717, 1.165) is 12.1 Å². The number of amides is 1. The molecule has 15 heavy (non-hydrogen) atoms. The molecule has 0 bridgehead atoms. The molecule has 0 aliphatic carbocycles. The molecule has 1 amide bonds. The maximum Gasteiger partial charge on any atom is 0.290 e. The zero-order valence-electron chi connectivity index (χ0n) is 8.01. The smallest absolute Gasteiger partial charge is 0.290 e. The second kappa shape index (κ2) is 4.54. The first kappa shape index (κ1) is 11.2. The van der Waals surface area contributed by atoms with Crippen LogP contribution in [-0.2, 0) is 9.53 Å². The van der Waals surface area contributed by atoms with E-state index >= 15 is 0 Å². The van der Waals surface area contributed by atoms with Gasteiger partial charge in [0.15, 0.2) is 5.76 Å². The van der Waals surface area contributed by atoms with Gasteiger partial charge in [-0.15, -0.1) is 0 Å². The Balaban J connectivity index is 2.81. The van der Waals surface area contributed by atoms with Gasteiger partial charge in [-0.05, 0) is 12.1 Å². The minimum absolute atomic E-state index is 0.00991. The van der Waals surface area contributed by atoms with Crippen molar-refractivity contribution in [2.45, 2.75) is 0 Å². The zero-order valence-corrected chi connectivity index (χ0v) is 8.01. The lowest BCUT2D eigenvalue weighted by Crippen LogP contribution is -2.14. The number of methoxy groups -OCH3 is 1. The highest BCUT2D eigenvalue weighted by molar-refractivity contribution is 6.01. The van der Waals surface area contributed by atoms with Crippen LogP contribution in [0.5, 0.6) is 0 Å². The normalized spacial score (nSPS) is 9.53. The second-order valence-electron chi connectivity index (χ2n) is 2.74. The van der Waals surface area contributed by atoms with Gasteiger partial charge in [0.05, 0.1) is 7.11 Å². The van der Waals surface area contributed by atoms with Gasteiger partial charge in [0.2, 0.25) is 0 Å². The molecule has 0 radical (unpaired) electrons. The standard InChI is InChI=1S/C10H9F2NO2/c1-6(15-2)10(14)13-9-4-7(11)3-8(12)5-9/h3-5H,1H2,2H3,(H,13,14). The Bertz CT molecular complexity index is 384. The van der Waals surface area contributed by atoms with E-state index in [1.807, 2.05) is 0 Å². The van der Waals surface area contributed by atoms with Gasteiger partial charge in [-0.25, -0.2) is 8.78 Å². The van der Waals surface area contributed by atoms with E-state index in [2.05, 4.69) is 16.6 Å². The van der Waals surface area contributed by atoms with E-state index in [0.29, 0.717) is 6.07 Å². The predicted octanol–water partition coefficient (Wildman–Crippen LogP) is 2.06. The van der Waals surface area contributed by atoms with Crippen LogP contribution in [0.3, 0.4) is 0 Å². The lowest BCUT2D eigenvalue weighted by Gasteiger charge is -2.06. The molecule has 1 N–H and O–H groups in total. The van der Waals surface area contributed by atoms with Gasteiger partial charge in [-0.3, -0.25) is 4.79 Å². The summed E-state index contributed by atoms with van der Waals surface area (Å²) >= 11 is 0. The number of nitrogens with one attached hydrogen (secondary N) is 1. The number of hydrogen-bond acceptors (Lipinski definition) is 2. The molecule has 0 atom stereocenters. The quantitative estimate of drug-likeness (QED) is 0.616. The van der Waals surface area contributed by atoms with Crippen LogP contribution in [0.25, 0.3) is 0 Å². The summed E-state index contributed by atoms with van der Waals surface area (Å²) in [4.78, 5) is 11.2. The molecule has 1 aromatic carbocycles. The summed E-state index contributed by atoms with van der Waals surface area (Å²) in [5, 5.41) is 2.23. The van der Waals surface area contributed by atoms with Crippen LogP contribution in [0.15, 0.2) is 30.5 Å². The van der Waals surface area contributed by atoms with Crippen molar-refractivity contribution in [3.05, 3.63) is 42.2 Å². The van der Waals surface area contributed by atoms with Crippen LogP contribution >= 0.6 is 0 Å². The average Bonchev–Trinajstić information content (AvgIpc) is 2.14. The Hall–Kier alpha value is -1.91. The summed E-state index contributed by atoms with van der Waals surface area (Å²) in [6.07, 6.45) is 0. The third kappa shape index (κ3) is 3.05. The SMILES string of the molecule is C=C(OC)C(=O)Nc1cc(F)cc(F)c1. The highest BCUT2D eigenvalue weighted by Crippen LogP contribution is 2.13. The molecule has 0 spiro atoms. The van der Waals surface area contributed by atoms with Crippen molar-refractivity contribution in [1.29, 1.82) is 0 Å². The highest BCUT2D eigenvalue weighted by atomic mass is 19.1. The van der Waals surface area contributed by atoms with Crippen molar-refractivity contribution in [1.82, 2.24) is 0 Å². The number of anilines is 1. The Morgan fingerprint density at radius 1 is 1.33 bits per heavy atom. The average molecular weight is 213 g/mol. The van der Waals surface area contributed by atoms with E-state index in [9.17, 15) is 13.6 Å². The molecule has 1 rings (SSSR count). The molecule has 0 saturated carbocycles. The molecular weight excluding hydrogens is 204 g/mol. The van der Waals surface area contributed by atoms with Crippen LogP contribution in [-0.4, -0.2) is 13.0 Å². The van der Waals surface area contributed by atoms with Gasteiger partial charge < -0.3 is 10.1 Å². The monoisotopic (exact) mass is 213 g/mol. The van der Waals surface area contributed by atoms with Gasteiger partial charge in [0, 0.05) is 11.8 Å². The third-order valence-corrected chi connectivity index (χ3v) is 1.62. The number of carbonyl (C=O) groups excluding carboxylic acids is 1. The van der Waals surface area contributed by atoms with Crippen molar-refractivity contribution >= 4 is 11.6 Å². The summed E-state index contributed by atoms with van der Waals surface area (Å²) in [7, 11) is 1.27. The van der Waals surface area contributed by atoms with Crippen LogP contribution in [0, 0.1) is 11.6 Å². The number of ether oxygens (including phenoxy) is 1. The second-order valence-corrected chi connectivity index (χ2v) is 2.74. The van der Waals surface area contributed by atoms with Crippen molar-refractivity contribution in [2.75, 3.05) is 12.4 Å². The van der Waals surface area contributed by atoms with E-state index in [4.69, 9.17) is 0 Å². The summed E-state index contributed by atoms with van der Waals surface area (Å²) in [6.45, 7) is 3.29. The Kier molecular flexibility index (Phi) is 3.38. The Labute approximate surface area is 85.4 Å². The topological polar surface area (TPSA) is 38.3 Å². The third-order valence-electron chi connectivity index (χ3n) is 1.62. The molecule has 0 aliphatic rings. The van der Waals surface area contributed by atoms with Gasteiger partial charge in [0.1, 0.15) is 11.6 Å². The number of hydrogen-bond donors (Lipinski definition) is 1. The lowest BCUT2D eigenvalue weighted by molar-refractivity contribution is -0.115. The first-order valence-electron chi connectivity index (χ1n) is 4.03. The lowest BCUT2D eigenvalue weighted by atomic mass is 10.3. The molecule has 0 aromatic heterocycles. The zero-order chi connectivity index (χ0) is 11.4. The van der Waals surface area contributed by atoms with E-state index in [1.165, 1.54) is 7.11 Å².